The van der Waals surface area contributed by atoms with E-state index in [1.807, 2.05) is 0 Å². The summed E-state index contributed by atoms with van der Waals surface area (Å²) in [4.78, 5) is 10.9. The molecule has 0 bridgehead atoms. The number of aromatic amines is 1. The van der Waals surface area contributed by atoms with Crippen LogP contribution in [0.4, 0.5) is 0 Å². The van der Waals surface area contributed by atoms with E-state index in [2.05, 4.69) is 14.9 Å². The van der Waals surface area contributed by atoms with Crippen molar-refractivity contribution >= 4 is 16.0 Å². The zero-order chi connectivity index (χ0) is 14.8. The highest BCUT2D eigenvalue weighted by Gasteiger charge is 2.38. The molecule has 4 N–H and O–H groups in total. The molecule has 0 radical (unpaired) electrons. The third-order valence-electron chi connectivity index (χ3n) is 3.21. The van der Waals surface area contributed by atoms with Gasteiger partial charge in [0.15, 0.2) is 5.03 Å². The Balaban J connectivity index is 2.30. The Kier molecular flexibility index (Phi) is 4.09. The van der Waals surface area contributed by atoms with Crippen LogP contribution in [-0.4, -0.2) is 60.2 Å². The minimum atomic E-state index is -4.13. The predicted molar refractivity (Wildman–Crippen MR) is 65.7 cm³/mol. The van der Waals surface area contributed by atoms with Crippen LogP contribution < -0.4 is 4.72 Å². The number of aromatic carboxylic acids is 1. The number of carbonyl (C=O) groups is 1. The van der Waals surface area contributed by atoms with E-state index in [0.717, 1.165) is 6.20 Å². The number of H-pyrrole nitrogens is 1. The van der Waals surface area contributed by atoms with Crippen molar-refractivity contribution in [1.82, 2.24) is 14.9 Å². The van der Waals surface area contributed by atoms with Gasteiger partial charge in [0.05, 0.1) is 18.3 Å². The summed E-state index contributed by atoms with van der Waals surface area (Å²) in [5.41, 5.74) is -1.49. The highest BCUT2D eigenvalue weighted by atomic mass is 32.2. The molecule has 9 nitrogen and oxygen atoms in total. The fourth-order valence-corrected chi connectivity index (χ4v) is 3.57. The first kappa shape index (κ1) is 14.9. The zero-order valence-corrected chi connectivity index (χ0v) is 11.3. The number of hydrogen-bond donors (Lipinski definition) is 4. The summed E-state index contributed by atoms with van der Waals surface area (Å²) in [7, 11) is -4.13. The molecule has 0 spiro atoms. The van der Waals surface area contributed by atoms with E-state index in [4.69, 9.17) is 9.84 Å². The van der Waals surface area contributed by atoms with Crippen molar-refractivity contribution in [3.8, 4) is 0 Å². The summed E-state index contributed by atoms with van der Waals surface area (Å²) in [6.45, 7) is 0.238. The van der Waals surface area contributed by atoms with Gasteiger partial charge in [-0.25, -0.2) is 17.9 Å². The lowest BCUT2D eigenvalue weighted by Gasteiger charge is -2.35. The van der Waals surface area contributed by atoms with Crippen molar-refractivity contribution in [3.05, 3.63) is 11.8 Å². The molecular formula is C10H15N3O6S. The van der Waals surface area contributed by atoms with Crippen molar-refractivity contribution in [2.45, 2.75) is 23.4 Å². The Labute approximate surface area is 115 Å². The lowest BCUT2D eigenvalue weighted by molar-refractivity contribution is 0.0222. The van der Waals surface area contributed by atoms with Gasteiger partial charge in [0.2, 0.25) is 0 Å². The maximum absolute atomic E-state index is 12.3. The number of nitrogens with one attached hydrogen (secondary N) is 2. The summed E-state index contributed by atoms with van der Waals surface area (Å²) in [6.07, 6.45) is 1.53. The number of aromatic nitrogens is 2. The number of aliphatic hydroxyl groups excluding tert-OH is 1. The van der Waals surface area contributed by atoms with Gasteiger partial charge in [0.1, 0.15) is 5.56 Å². The summed E-state index contributed by atoms with van der Waals surface area (Å²) in [5, 5.41) is 23.5. The van der Waals surface area contributed by atoms with Crippen molar-refractivity contribution < 1.29 is 28.2 Å². The molecule has 2 rings (SSSR count). The largest absolute Gasteiger partial charge is 0.478 e. The molecule has 0 saturated carbocycles. The van der Waals surface area contributed by atoms with Gasteiger partial charge in [0.25, 0.3) is 10.0 Å². The Morgan fingerprint density at radius 1 is 1.50 bits per heavy atom. The number of carboxylic acids is 1. The average molecular weight is 305 g/mol. The van der Waals surface area contributed by atoms with E-state index in [0.29, 0.717) is 26.1 Å². The number of ether oxygens (including phenoxy) is 1. The van der Waals surface area contributed by atoms with Crippen molar-refractivity contribution in [3.63, 3.8) is 0 Å². The highest BCUT2D eigenvalue weighted by Crippen LogP contribution is 2.23. The third-order valence-corrected chi connectivity index (χ3v) is 4.76. The maximum atomic E-state index is 12.3. The van der Waals surface area contributed by atoms with Gasteiger partial charge in [-0.15, -0.1) is 0 Å². The monoisotopic (exact) mass is 305 g/mol. The Hall–Kier alpha value is -1.49. The second kappa shape index (κ2) is 5.48. The molecule has 0 aliphatic carbocycles. The molecule has 1 fully saturated rings. The van der Waals surface area contributed by atoms with E-state index in [9.17, 15) is 18.3 Å². The molecule has 0 unspecified atom stereocenters. The van der Waals surface area contributed by atoms with Crippen LogP contribution in [0.25, 0.3) is 0 Å². The number of rotatable bonds is 5. The van der Waals surface area contributed by atoms with Crippen molar-refractivity contribution in [2.24, 2.45) is 0 Å². The Bertz CT molecular complexity index is 590. The van der Waals surface area contributed by atoms with Crippen LogP contribution in [-0.2, 0) is 14.8 Å². The van der Waals surface area contributed by atoms with E-state index in [1.165, 1.54) is 0 Å². The minimum Gasteiger partial charge on any atom is -0.478 e. The van der Waals surface area contributed by atoms with Gasteiger partial charge in [-0.2, -0.15) is 5.10 Å². The van der Waals surface area contributed by atoms with Gasteiger partial charge >= 0.3 is 5.97 Å². The number of nitrogens with zero attached hydrogens (tertiary/aromatic N) is 1. The molecular weight excluding hydrogens is 290 g/mol. The molecule has 2 heterocycles. The van der Waals surface area contributed by atoms with E-state index < -0.39 is 38.7 Å². The van der Waals surface area contributed by atoms with Crippen molar-refractivity contribution in [2.75, 3.05) is 19.8 Å². The molecule has 1 aromatic rings. The number of hydrogen-bond acceptors (Lipinski definition) is 6. The molecule has 0 amide bonds. The second-order valence-electron chi connectivity index (χ2n) is 4.57. The number of sulfonamides is 1. The molecule has 0 atom stereocenters. The highest BCUT2D eigenvalue weighted by molar-refractivity contribution is 7.89. The van der Waals surface area contributed by atoms with Crippen molar-refractivity contribution in [1.29, 1.82) is 0 Å². The van der Waals surface area contributed by atoms with Crippen LogP contribution >= 0.6 is 0 Å². The van der Waals surface area contributed by atoms with Crippen LogP contribution in [0.5, 0.6) is 0 Å². The first-order chi connectivity index (χ1) is 9.40. The Morgan fingerprint density at radius 2 is 2.15 bits per heavy atom. The van der Waals surface area contributed by atoms with E-state index in [1.54, 1.807) is 0 Å². The first-order valence-corrected chi connectivity index (χ1v) is 7.38. The number of carboxylic acid groups (broad SMARTS) is 1. The fourth-order valence-electron chi connectivity index (χ4n) is 2.02. The molecule has 112 valence electrons. The van der Waals surface area contributed by atoms with Crippen LogP contribution in [0.15, 0.2) is 11.2 Å². The van der Waals surface area contributed by atoms with Gasteiger partial charge < -0.3 is 14.9 Å². The fraction of sp³-hybridized carbons (Fsp3) is 0.600. The summed E-state index contributed by atoms with van der Waals surface area (Å²) in [6, 6.07) is 0. The topological polar surface area (TPSA) is 142 Å². The zero-order valence-electron chi connectivity index (χ0n) is 10.5. The average Bonchev–Trinajstić information content (AvgIpc) is 2.89. The summed E-state index contributed by atoms with van der Waals surface area (Å²) in [5.74, 6) is -1.40. The van der Waals surface area contributed by atoms with Crippen LogP contribution in [0.2, 0.25) is 0 Å². The molecule has 20 heavy (non-hydrogen) atoms. The van der Waals surface area contributed by atoms with Crippen LogP contribution in [0.1, 0.15) is 23.2 Å². The Morgan fingerprint density at radius 3 is 2.70 bits per heavy atom. The van der Waals surface area contributed by atoms with Gasteiger partial charge in [0, 0.05) is 13.2 Å². The summed E-state index contributed by atoms with van der Waals surface area (Å²) < 4.78 is 32.0. The smallest absolute Gasteiger partial charge is 0.340 e. The minimum absolute atomic E-state index is 0.305. The third kappa shape index (κ3) is 2.82. The normalized spacial score (nSPS) is 18.9. The molecule has 0 aromatic carbocycles. The predicted octanol–water partition coefficient (Wildman–Crippen LogP) is -1.07. The molecule has 10 heteroatoms. The maximum Gasteiger partial charge on any atom is 0.340 e. The molecule has 1 saturated heterocycles. The van der Waals surface area contributed by atoms with Gasteiger partial charge in [-0.05, 0) is 12.8 Å². The van der Waals surface area contributed by atoms with Crippen LogP contribution in [0, 0.1) is 0 Å². The molecule has 1 aliphatic heterocycles. The second-order valence-corrected chi connectivity index (χ2v) is 6.19. The lowest BCUT2D eigenvalue weighted by atomic mass is 9.93. The first-order valence-electron chi connectivity index (χ1n) is 5.89. The quantitative estimate of drug-likeness (QED) is 0.542. The van der Waals surface area contributed by atoms with E-state index in [-0.39, 0.29) is 0 Å². The number of aliphatic hydroxyl groups is 1. The standard InChI is InChI=1S/C10H15N3O6S/c14-6-10(1-3-19-4-2-10)13-20(17,18)8-7(9(15)16)5-11-12-8/h5,13-14H,1-4,6H2,(H,11,12)(H,15,16). The SMILES string of the molecule is O=C(O)c1cn[nH]c1S(=O)(=O)NC1(CO)CCOCC1. The molecule has 1 aromatic heterocycles. The molecule has 1 aliphatic rings. The van der Waals surface area contributed by atoms with Gasteiger partial charge in [-0.1, -0.05) is 0 Å². The summed E-state index contributed by atoms with van der Waals surface area (Å²) >= 11 is 0. The van der Waals surface area contributed by atoms with E-state index >= 15 is 0 Å². The lowest BCUT2D eigenvalue weighted by Crippen LogP contribution is -2.54. The van der Waals surface area contributed by atoms with Gasteiger partial charge in [-0.3, -0.25) is 5.10 Å². The van der Waals surface area contributed by atoms with Crippen LogP contribution in [0.3, 0.4) is 0 Å².